The van der Waals surface area contributed by atoms with Crippen LogP contribution in [0.1, 0.15) is 0 Å². The van der Waals surface area contributed by atoms with Gasteiger partial charge in [-0.05, 0) is 24.3 Å². The summed E-state index contributed by atoms with van der Waals surface area (Å²) in [5.74, 6) is 0.131. The number of nitrogens with two attached hydrogens (primary N) is 1. The number of aromatic hydroxyl groups is 1. The molecule has 0 aromatic heterocycles. The third kappa shape index (κ3) is 2.80. The van der Waals surface area contributed by atoms with E-state index in [0.29, 0.717) is 20.6 Å². The molecule has 88 valence electrons. The highest BCUT2D eigenvalue weighted by atomic mass is 35.5. The van der Waals surface area contributed by atoms with Gasteiger partial charge in [0.15, 0.2) is 0 Å². The van der Waals surface area contributed by atoms with Gasteiger partial charge in [0, 0.05) is 16.6 Å². The van der Waals surface area contributed by atoms with E-state index in [1.165, 1.54) is 17.8 Å². The van der Waals surface area contributed by atoms with Gasteiger partial charge in [0.2, 0.25) is 0 Å². The molecule has 2 nitrogen and oxygen atoms in total. The van der Waals surface area contributed by atoms with E-state index in [1.54, 1.807) is 18.2 Å². The Kier molecular flexibility index (Phi) is 3.72. The molecule has 0 atom stereocenters. The zero-order valence-electron chi connectivity index (χ0n) is 8.65. The van der Waals surface area contributed by atoms with Crippen LogP contribution in [0.2, 0.25) is 10.0 Å². The molecule has 0 amide bonds. The minimum Gasteiger partial charge on any atom is -0.507 e. The summed E-state index contributed by atoms with van der Waals surface area (Å²) in [7, 11) is 0. The van der Waals surface area contributed by atoms with Crippen molar-refractivity contribution >= 4 is 40.7 Å². The lowest BCUT2D eigenvalue weighted by Crippen LogP contribution is -1.84. The third-order valence-corrected chi connectivity index (χ3v) is 4.18. The molecule has 0 radical (unpaired) electrons. The lowest BCUT2D eigenvalue weighted by Gasteiger charge is -2.07. The van der Waals surface area contributed by atoms with Gasteiger partial charge in [0.1, 0.15) is 5.75 Å². The summed E-state index contributed by atoms with van der Waals surface area (Å²) < 4.78 is 0. The van der Waals surface area contributed by atoms with Crippen LogP contribution in [0.5, 0.6) is 5.75 Å². The molecular formula is C12H9Cl2NOS. The monoisotopic (exact) mass is 285 g/mol. The highest BCUT2D eigenvalue weighted by molar-refractivity contribution is 7.99. The smallest absolute Gasteiger partial charge is 0.131 e. The fourth-order valence-electron chi connectivity index (χ4n) is 1.30. The molecule has 0 saturated carbocycles. The molecule has 3 N–H and O–H groups in total. The highest BCUT2D eigenvalue weighted by Crippen LogP contribution is 2.40. The molecule has 0 aliphatic rings. The Hall–Kier alpha value is -1.03. The lowest BCUT2D eigenvalue weighted by molar-refractivity contribution is 0.463. The van der Waals surface area contributed by atoms with Crippen molar-refractivity contribution in [3.05, 3.63) is 46.4 Å². The van der Waals surface area contributed by atoms with Crippen LogP contribution < -0.4 is 5.73 Å². The standard InChI is InChI=1S/C12H9Cl2NOS/c13-8-2-1-3-11(12(8)14)17-10-5-4-7(15)6-9(10)16/h1-6,16H,15H2. The number of phenols is 1. The summed E-state index contributed by atoms with van der Waals surface area (Å²) in [5, 5.41) is 10.7. The SMILES string of the molecule is Nc1ccc(Sc2cccc(Cl)c2Cl)c(O)c1. The molecule has 0 aliphatic heterocycles. The summed E-state index contributed by atoms with van der Waals surface area (Å²) in [6, 6.07) is 10.3. The number of hydrogen-bond acceptors (Lipinski definition) is 3. The summed E-state index contributed by atoms with van der Waals surface area (Å²) in [4.78, 5) is 1.47. The number of halogens is 2. The molecular weight excluding hydrogens is 277 g/mol. The van der Waals surface area contributed by atoms with Gasteiger partial charge in [-0.3, -0.25) is 0 Å². The molecule has 0 bridgehead atoms. The summed E-state index contributed by atoms with van der Waals surface area (Å²) in [6.45, 7) is 0. The number of anilines is 1. The second-order valence-electron chi connectivity index (χ2n) is 3.38. The molecule has 0 saturated heterocycles. The first-order chi connectivity index (χ1) is 8.08. The van der Waals surface area contributed by atoms with Gasteiger partial charge in [-0.25, -0.2) is 0 Å². The van der Waals surface area contributed by atoms with E-state index < -0.39 is 0 Å². The van der Waals surface area contributed by atoms with Crippen molar-refractivity contribution < 1.29 is 5.11 Å². The molecule has 2 rings (SSSR count). The minimum absolute atomic E-state index is 0.131. The first kappa shape index (κ1) is 12.4. The van der Waals surface area contributed by atoms with Crippen LogP contribution >= 0.6 is 35.0 Å². The van der Waals surface area contributed by atoms with Crippen molar-refractivity contribution in [3.63, 3.8) is 0 Å². The van der Waals surface area contributed by atoms with Gasteiger partial charge in [0.25, 0.3) is 0 Å². The Bertz CT molecular complexity index is 560. The Labute approximate surface area is 113 Å². The summed E-state index contributed by atoms with van der Waals surface area (Å²) in [6.07, 6.45) is 0. The van der Waals surface area contributed by atoms with Gasteiger partial charge in [0.05, 0.1) is 14.9 Å². The summed E-state index contributed by atoms with van der Waals surface area (Å²) in [5.41, 5.74) is 6.08. The average molecular weight is 286 g/mol. The van der Waals surface area contributed by atoms with E-state index in [1.807, 2.05) is 12.1 Å². The highest BCUT2D eigenvalue weighted by Gasteiger charge is 2.09. The summed E-state index contributed by atoms with van der Waals surface area (Å²) >= 11 is 13.3. The van der Waals surface area contributed by atoms with E-state index in [0.717, 1.165) is 4.90 Å². The van der Waals surface area contributed by atoms with Crippen LogP contribution in [0.25, 0.3) is 0 Å². The number of phenolic OH excluding ortho intramolecular Hbond substituents is 1. The predicted molar refractivity (Wildman–Crippen MR) is 73.1 cm³/mol. The molecule has 0 unspecified atom stereocenters. The molecule has 0 aliphatic carbocycles. The van der Waals surface area contributed by atoms with Crippen molar-refractivity contribution in [2.24, 2.45) is 0 Å². The fourth-order valence-corrected chi connectivity index (χ4v) is 2.66. The fraction of sp³-hybridized carbons (Fsp3) is 0. The quantitative estimate of drug-likeness (QED) is 0.803. The van der Waals surface area contributed by atoms with E-state index in [9.17, 15) is 5.11 Å². The first-order valence-corrected chi connectivity index (χ1v) is 6.35. The Morgan fingerprint density at radius 2 is 1.82 bits per heavy atom. The Morgan fingerprint density at radius 1 is 1.06 bits per heavy atom. The minimum atomic E-state index is 0.131. The van der Waals surface area contributed by atoms with Crippen LogP contribution in [0, 0.1) is 0 Å². The Balaban J connectivity index is 2.35. The Morgan fingerprint density at radius 3 is 2.53 bits per heavy atom. The van der Waals surface area contributed by atoms with E-state index in [-0.39, 0.29) is 5.75 Å². The number of rotatable bonds is 2. The van der Waals surface area contributed by atoms with Gasteiger partial charge < -0.3 is 10.8 Å². The molecule has 0 fully saturated rings. The molecule has 2 aromatic rings. The molecule has 5 heteroatoms. The van der Waals surface area contributed by atoms with Crippen molar-refractivity contribution in [1.29, 1.82) is 0 Å². The molecule has 2 aromatic carbocycles. The maximum absolute atomic E-state index is 9.74. The van der Waals surface area contributed by atoms with Crippen molar-refractivity contribution in [3.8, 4) is 5.75 Å². The first-order valence-electron chi connectivity index (χ1n) is 4.78. The van der Waals surface area contributed by atoms with Gasteiger partial charge in [-0.15, -0.1) is 0 Å². The average Bonchev–Trinajstić information content (AvgIpc) is 2.28. The van der Waals surface area contributed by atoms with E-state index in [2.05, 4.69) is 0 Å². The molecule has 17 heavy (non-hydrogen) atoms. The van der Waals surface area contributed by atoms with Crippen molar-refractivity contribution in [2.75, 3.05) is 5.73 Å². The largest absolute Gasteiger partial charge is 0.507 e. The molecule has 0 heterocycles. The van der Waals surface area contributed by atoms with Crippen LogP contribution in [-0.4, -0.2) is 5.11 Å². The predicted octanol–water partition coefficient (Wildman–Crippen LogP) is 4.43. The van der Waals surface area contributed by atoms with E-state index >= 15 is 0 Å². The van der Waals surface area contributed by atoms with Crippen LogP contribution in [0.3, 0.4) is 0 Å². The maximum atomic E-state index is 9.74. The molecule has 0 spiro atoms. The van der Waals surface area contributed by atoms with Crippen LogP contribution in [0.15, 0.2) is 46.2 Å². The second kappa shape index (κ2) is 5.08. The van der Waals surface area contributed by atoms with Crippen LogP contribution in [0.4, 0.5) is 5.69 Å². The van der Waals surface area contributed by atoms with Crippen LogP contribution in [-0.2, 0) is 0 Å². The second-order valence-corrected chi connectivity index (χ2v) is 5.25. The van der Waals surface area contributed by atoms with Gasteiger partial charge in [-0.2, -0.15) is 0 Å². The topological polar surface area (TPSA) is 46.2 Å². The lowest BCUT2D eigenvalue weighted by atomic mass is 10.3. The zero-order valence-corrected chi connectivity index (χ0v) is 11.0. The van der Waals surface area contributed by atoms with Gasteiger partial charge in [-0.1, -0.05) is 41.0 Å². The van der Waals surface area contributed by atoms with Gasteiger partial charge >= 0.3 is 0 Å². The normalized spacial score (nSPS) is 10.5. The number of hydrogen-bond donors (Lipinski definition) is 2. The number of benzene rings is 2. The van der Waals surface area contributed by atoms with Crippen molar-refractivity contribution in [1.82, 2.24) is 0 Å². The maximum Gasteiger partial charge on any atom is 0.131 e. The number of nitrogen functional groups attached to an aromatic ring is 1. The third-order valence-electron chi connectivity index (χ3n) is 2.12. The van der Waals surface area contributed by atoms with E-state index in [4.69, 9.17) is 28.9 Å². The van der Waals surface area contributed by atoms with Crippen molar-refractivity contribution in [2.45, 2.75) is 9.79 Å². The zero-order chi connectivity index (χ0) is 12.4.